The van der Waals surface area contributed by atoms with Crippen LogP contribution in [0.2, 0.25) is 0 Å². The lowest BCUT2D eigenvalue weighted by atomic mass is 10.1. The van der Waals surface area contributed by atoms with Crippen molar-refractivity contribution >= 4 is 22.7 Å². The minimum atomic E-state index is -1.10. The first kappa shape index (κ1) is 16.2. The van der Waals surface area contributed by atoms with E-state index in [1.165, 1.54) is 15.8 Å². The summed E-state index contributed by atoms with van der Waals surface area (Å²) in [6, 6.07) is 6.90. The van der Waals surface area contributed by atoms with Crippen molar-refractivity contribution in [3.05, 3.63) is 47.9 Å². The fourth-order valence-corrected chi connectivity index (χ4v) is 3.34. The largest absolute Gasteiger partial charge is 0.364 e. The Kier molecular flexibility index (Phi) is 3.90. The molecule has 1 fully saturated rings. The van der Waals surface area contributed by atoms with Crippen molar-refractivity contribution < 1.29 is 14.0 Å². The zero-order chi connectivity index (χ0) is 18.3. The zero-order valence-electron chi connectivity index (χ0n) is 13.8. The number of nitrogens with one attached hydrogen (secondary N) is 1. The molecule has 2 aromatic heterocycles. The number of likely N-dealkylation sites (tertiary alicyclic amines) is 1. The summed E-state index contributed by atoms with van der Waals surface area (Å²) in [4.78, 5) is 28.6. The van der Waals surface area contributed by atoms with E-state index in [2.05, 4.69) is 15.3 Å². The molecule has 0 radical (unpaired) electrons. The molecule has 1 aliphatic rings. The zero-order valence-corrected chi connectivity index (χ0v) is 13.8. The van der Waals surface area contributed by atoms with Gasteiger partial charge in [-0.15, -0.1) is 5.10 Å². The molecule has 3 N–H and O–H groups in total. The molecule has 2 amide bonds. The number of hydrogen-bond donors (Lipinski definition) is 2. The molecule has 0 saturated carbocycles. The van der Waals surface area contributed by atoms with Gasteiger partial charge < -0.3 is 15.6 Å². The fourth-order valence-electron chi connectivity index (χ4n) is 3.34. The van der Waals surface area contributed by atoms with Gasteiger partial charge in [0.2, 0.25) is 0 Å². The van der Waals surface area contributed by atoms with Gasteiger partial charge in [0.05, 0.1) is 25.3 Å². The maximum absolute atomic E-state index is 14.0. The molecule has 0 unspecified atom stereocenters. The predicted octanol–water partition coefficient (Wildman–Crippen LogP) is 1.11. The van der Waals surface area contributed by atoms with E-state index in [1.54, 1.807) is 18.3 Å². The van der Waals surface area contributed by atoms with Crippen LogP contribution < -0.4 is 5.73 Å². The van der Waals surface area contributed by atoms with Crippen LogP contribution in [0.3, 0.4) is 0 Å². The number of halogens is 1. The number of nitrogens with two attached hydrogens (primary N) is 1. The quantitative estimate of drug-likeness (QED) is 0.729. The summed E-state index contributed by atoms with van der Waals surface area (Å²) in [6.45, 7) is 0.279. The Labute approximate surface area is 147 Å². The monoisotopic (exact) mass is 356 g/mol. The van der Waals surface area contributed by atoms with Crippen LogP contribution in [0.25, 0.3) is 10.9 Å². The van der Waals surface area contributed by atoms with Gasteiger partial charge >= 0.3 is 0 Å². The molecule has 0 spiro atoms. The van der Waals surface area contributed by atoms with Crippen LogP contribution >= 0.6 is 0 Å². The Balaban J connectivity index is 1.56. The van der Waals surface area contributed by atoms with E-state index in [0.717, 1.165) is 10.9 Å². The second kappa shape index (κ2) is 6.25. The van der Waals surface area contributed by atoms with Gasteiger partial charge in [0, 0.05) is 23.7 Å². The van der Waals surface area contributed by atoms with Crippen molar-refractivity contribution in [3.8, 4) is 0 Å². The molecule has 0 aliphatic carbocycles. The Bertz CT molecular complexity index is 980. The first-order valence-electron chi connectivity index (χ1n) is 8.23. The molecule has 1 saturated heterocycles. The van der Waals surface area contributed by atoms with Gasteiger partial charge in [0.15, 0.2) is 5.69 Å². The van der Waals surface area contributed by atoms with Gasteiger partial charge in [-0.1, -0.05) is 11.3 Å². The molecule has 4 rings (SSSR count). The summed E-state index contributed by atoms with van der Waals surface area (Å²) in [6.07, 6.45) is 2.32. The van der Waals surface area contributed by atoms with Crippen LogP contribution in [0, 0.1) is 0 Å². The predicted molar refractivity (Wildman–Crippen MR) is 91.2 cm³/mol. The maximum atomic E-state index is 14.0. The molecular formula is C17H17FN6O2. The minimum absolute atomic E-state index is 0.0314. The third-order valence-corrected chi connectivity index (χ3v) is 4.62. The Hall–Kier alpha value is -3.23. The van der Waals surface area contributed by atoms with Crippen molar-refractivity contribution in [1.29, 1.82) is 0 Å². The molecule has 3 heterocycles. The number of carbonyl (C=O) groups excluding carboxylic acids is 2. The molecule has 2 atom stereocenters. The smallest absolute Gasteiger partial charge is 0.270 e. The SMILES string of the molecule is NC(=O)c1cn(C[C@@H]2C[C@H](F)CN2C(=O)c2ccc3cc[nH]c3c2)nn1. The van der Waals surface area contributed by atoms with E-state index in [1.807, 2.05) is 12.1 Å². The molecule has 3 aromatic rings. The first-order valence-corrected chi connectivity index (χ1v) is 8.23. The van der Waals surface area contributed by atoms with Crippen molar-refractivity contribution in [1.82, 2.24) is 24.9 Å². The number of rotatable bonds is 4. The Morgan fingerprint density at radius 1 is 1.35 bits per heavy atom. The molecule has 1 aliphatic heterocycles. The summed E-state index contributed by atoms with van der Waals surface area (Å²) >= 11 is 0. The highest BCUT2D eigenvalue weighted by Crippen LogP contribution is 2.25. The number of fused-ring (bicyclic) bond motifs is 1. The summed E-state index contributed by atoms with van der Waals surface area (Å²) in [7, 11) is 0. The molecular weight excluding hydrogens is 339 g/mol. The first-order chi connectivity index (χ1) is 12.5. The minimum Gasteiger partial charge on any atom is -0.364 e. The third-order valence-electron chi connectivity index (χ3n) is 4.62. The highest BCUT2D eigenvalue weighted by Gasteiger charge is 2.36. The van der Waals surface area contributed by atoms with E-state index in [-0.39, 0.29) is 37.2 Å². The number of carbonyl (C=O) groups is 2. The summed E-state index contributed by atoms with van der Waals surface area (Å²) in [5.41, 5.74) is 6.55. The number of aromatic nitrogens is 4. The topological polar surface area (TPSA) is 110 Å². The number of amides is 2. The summed E-state index contributed by atoms with van der Waals surface area (Å²) in [5.74, 6) is -0.917. The van der Waals surface area contributed by atoms with Crippen molar-refractivity contribution in [2.75, 3.05) is 6.54 Å². The molecule has 134 valence electrons. The van der Waals surface area contributed by atoms with Gasteiger partial charge in [-0.2, -0.15) is 0 Å². The van der Waals surface area contributed by atoms with Gasteiger partial charge in [-0.05, 0) is 23.6 Å². The highest BCUT2D eigenvalue weighted by atomic mass is 19.1. The molecule has 8 nitrogen and oxygen atoms in total. The second-order valence-electron chi connectivity index (χ2n) is 6.41. The highest BCUT2D eigenvalue weighted by molar-refractivity contribution is 5.98. The standard InChI is InChI=1S/C17H17FN6O2/c18-12-6-13(8-23-9-15(16(19)25)21-22-23)24(7-12)17(26)11-2-1-10-3-4-20-14(10)5-11/h1-5,9,12-13,20H,6-8H2,(H2,19,25)/t12-,13-/m0/s1. The van der Waals surface area contributed by atoms with Crippen LogP contribution in [0.15, 0.2) is 36.7 Å². The van der Waals surface area contributed by atoms with Crippen LogP contribution in [0.1, 0.15) is 27.3 Å². The Morgan fingerprint density at radius 2 is 2.19 bits per heavy atom. The van der Waals surface area contributed by atoms with E-state index in [9.17, 15) is 14.0 Å². The summed E-state index contributed by atoms with van der Waals surface area (Å²) < 4.78 is 15.4. The number of H-pyrrole nitrogens is 1. The van der Waals surface area contributed by atoms with Crippen molar-refractivity contribution in [2.45, 2.75) is 25.2 Å². The fraction of sp³-hybridized carbons (Fsp3) is 0.294. The molecule has 0 bridgehead atoms. The number of hydrogen-bond acceptors (Lipinski definition) is 4. The summed E-state index contributed by atoms with van der Waals surface area (Å²) in [5, 5.41) is 8.50. The lowest BCUT2D eigenvalue weighted by Crippen LogP contribution is -2.38. The van der Waals surface area contributed by atoms with E-state index in [0.29, 0.717) is 5.56 Å². The lowest BCUT2D eigenvalue weighted by Gasteiger charge is -2.24. The number of alkyl halides is 1. The van der Waals surface area contributed by atoms with Crippen LogP contribution in [-0.2, 0) is 6.54 Å². The van der Waals surface area contributed by atoms with Gasteiger partial charge in [-0.25, -0.2) is 9.07 Å². The maximum Gasteiger partial charge on any atom is 0.270 e. The van der Waals surface area contributed by atoms with Crippen LogP contribution in [0.4, 0.5) is 4.39 Å². The van der Waals surface area contributed by atoms with Crippen LogP contribution in [-0.4, -0.2) is 55.5 Å². The van der Waals surface area contributed by atoms with E-state index in [4.69, 9.17) is 5.73 Å². The average Bonchev–Trinajstić information content (AvgIpc) is 3.33. The normalized spacial score (nSPS) is 20.0. The van der Waals surface area contributed by atoms with Gasteiger partial charge in [0.25, 0.3) is 11.8 Å². The molecule has 9 heteroatoms. The molecule has 26 heavy (non-hydrogen) atoms. The second-order valence-corrected chi connectivity index (χ2v) is 6.41. The Morgan fingerprint density at radius 3 is 2.96 bits per heavy atom. The van der Waals surface area contributed by atoms with Gasteiger partial charge in [0.1, 0.15) is 6.17 Å². The third kappa shape index (κ3) is 2.92. The van der Waals surface area contributed by atoms with Crippen molar-refractivity contribution in [2.24, 2.45) is 5.73 Å². The molecule has 1 aromatic carbocycles. The number of nitrogens with zero attached hydrogens (tertiary/aromatic N) is 4. The average molecular weight is 356 g/mol. The number of primary amides is 1. The van der Waals surface area contributed by atoms with Gasteiger partial charge in [-0.3, -0.25) is 9.59 Å². The van der Waals surface area contributed by atoms with E-state index >= 15 is 0 Å². The number of aromatic amines is 1. The van der Waals surface area contributed by atoms with Crippen molar-refractivity contribution in [3.63, 3.8) is 0 Å². The van der Waals surface area contributed by atoms with Crippen LogP contribution in [0.5, 0.6) is 0 Å². The lowest BCUT2D eigenvalue weighted by molar-refractivity contribution is 0.0714. The van der Waals surface area contributed by atoms with E-state index < -0.39 is 12.1 Å². The number of benzene rings is 1.